The Morgan fingerprint density at radius 1 is 1.00 bits per heavy atom. The average Bonchev–Trinajstić information content (AvgIpc) is 3.27. The molecule has 4 aromatic rings. The van der Waals surface area contributed by atoms with Crippen LogP contribution in [0.2, 0.25) is 0 Å². The first-order chi connectivity index (χ1) is 15.2. The van der Waals surface area contributed by atoms with E-state index in [0.717, 1.165) is 59.3 Å². The van der Waals surface area contributed by atoms with Crippen LogP contribution in [0.3, 0.4) is 0 Å². The first-order valence-electron chi connectivity index (χ1n) is 10.8. The Hall–Kier alpha value is -3.62. The van der Waals surface area contributed by atoms with Crippen molar-refractivity contribution in [3.8, 4) is 17.3 Å². The van der Waals surface area contributed by atoms with Gasteiger partial charge in [-0.05, 0) is 38.0 Å². The molecule has 2 heterocycles. The summed E-state index contributed by atoms with van der Waals surface area (Å²) in [6.07, 6.45) is 4.34. The van der Waals surface area contributed by atoms with Crippen molar-refractivity contribution < 1.29 is 0 Å². The van der Waals surface area contributed by atoms with E-state index in [9.17, 15) is 5.26 Å². The molecule has 0 aliphatic carbocycles. The Balaban J connectivity index is 1.51. The highest BCUT2D eigenvalue weighted by atomic mass is 15.6. The number of rotatable bonds is 4. The Kier molecular flexibility index (Phi) is 5.15. The number of aromatic amines is 1. The van der Waals surface area contributed by atoms with E-state index in [1.807, 2.05) is 30.5 Å². The summed E-state index contributed by atoms with van der Waals surface area (Å²) in [4.78, 5) is 0. The number of nitrogens with one attached hydrogen (secondary N) is 1. The molecular formula is C26H25N5. The molecule has 1 aliphatic rings. The van der Waals surface area contributed by atoms with Gasteiger partial charge in [-0.15, -0.1) is 0 Å². The Labute approximate surface area is 182 Å². The summed E-state index contributed by atoms with van der Waals surface area (Å²) in [6, 6.07) is 23.1. The Bertz CT molecular complexity index is 1270. The van der Waals surface area contributed by atoms with Gasteiger partial charge >= 0.3 is 0 Å². The molecule has 154 valence electrons. The van der Waals surface area contributed by atoms with Crippen molar-refractivity contribution >= 4 is 16.5 Å². The van der Waals surface area contributed by atoms with Gasteiger partial charge in [-0.25, -0.2) is 5.01 Å². The number of hydrazine groups is 1. The third-order valence-corrected chi connectivity index (χ3v) is 6.04. The molecular weight excluding hydrogens is 382 g/mol. The average molecular weight is 408 g/mol. The highest BCUT2D eigenvalue weighted by Gasteiger charge is 2.24. The molecule has 0 bridgehead atoms. The van der Waals surface area contributed by atoms with Crippen LogP contribution in [0.1, 0.15) is 29.5 Å². The number of benzene rings is 3. The zero-order valence-corrected chi connectivity index (χ0v) is 17.7. The van der Waals surface area contributed by atoms with Crippen molar-refractivity contribution in [1.82, 2.24) is 15.2 Å². The summed E-state index contributed by atoms with van der Waals surface area (Å²) in [5, 5.41) is 24.1. The maximum absolute atomic E-state index is 9.53. The maximum atomic E-state index is 9.53. The van der Waals surface area contributed by atoms with Crippen molar-refractivity contribution in [3.63, 3.8) is 0 Å². The second kappa shape index (κ2) is 8.25. The van der Waals surface area contributed by atoms with Crippen LogP contribution in [0, 0.1) is 18.3 Å². The van der Waals surface area contributed by atoms with Crippen molar-refractivity contribution in [3.05, 3.63) is 83.6 Å². The molecule has 1 aromatic heterocycles. The number of aromatic nitrogens is 2. The Morgan fingerprint density at radius 3 is 2.68 bits per heavy atom. The number of anilines is 1. The summed E-state index contributed by atoms with van der Waals surface area (Å²) in [7, 11) is 0. The van der Waals surface area contributed by atoms with E-state index in [0.29, 0.717) is 0 Å². The topological polar surface area (TPSA) is 59.0 Å². The third kappa shape index (κ3) is 3.67. The highest BCUT2D eigenvalue weighted by molar-refractivity contribution is 5.97. The summed E-state index contributed by atoms with van der Waals surface area (Å²) in [6.45, 7) is 4.85. The Morgan fingerprint density at radius 2 is 1.84 bits per heavy atom. The van der Waals surface area contributed by atoms with E-state index in [-0.39, 0.29) is 0 Å². The smallest absolute Gasteiger partial charge is 0.0998 e. The van der Waals surface area contributed by atoms with Gasteiger partial charge in [-0.1, -0.05) is 48.0 Å². The van der Waals surface area contributed by atoms with Gasteiger partial charge in [0.05, 0.1) is 23.0 Å². The van der Waals surface area contributed by atoms with Crippen molar-refractivity contribution in [1.29, 1.82) is 5.26 Å². The number of nitriles is 1. The van der Waals surface area contributed by atoms with Crippen molar-refractivity contribution in [2.45, 2.75) is 26.3 Å². The lowest BCUT2D eigenvalue weighted by atomic mass is 10.0. The minimum absolute atomic E-state index is 0.722. The molecule has 1 saturated heterocycles. The van der Waals surface area contributed by atoms with Crippen LogP contribution in [-0.4, -0.2) is 28.3 Å². The minimum Gasteiger partial charge on any atom is -0.305 e. The molecule has 5 rings (SSSR count). The van der Waals surface area contributed by atoms with Crippen LogP contribution in [0.4, 0.5) is 5.69 Å². The van der Waals surface area contributed by atoms with Gasteiger partial charge in [-0.3, -0.25) is 5.10 Å². The van der Waals surface area contributed by atoms with E-state index in [2.05, 4.69) is 69.6 Å². The van der Waals surface area contributed by atoms with Gasteiger partial charge in [0.1, 0.15) is 0 Å². The molecule has 5 heteroatoms. The SMILES string of the molecule is Cc1cccc(-c2n[nH]cc2CN2CCCCN2c2ccc(C#N)c3ccccc23)c1. The molecule has 5 nitrogen and oxygen atoms in total. The van der Waals surface area contributed by atoms with Gasteiger partial charge in [0.2, 0.25) is 0 Å². The predicted molar refractivity (Wildman–Crippen MR) is 124 cm³/mol. The molecule has 0 saturated carbocycles. The lowest BCUT2D eigenvalue weighted by Crippen LogP contribution is -2.47. The number of fused-ring (bicyclic) bond motifs is 1. The summed E-state index contributed by atoms with van der Waals surface area (Å²) >= 11 is 0. The lowest BCUT2D eigenvalue weighted by Gasteiger charge is -2.41. The molecule has 31 heavy (non-hydrogen) atoms. The second-order valence-corrected chi connectivity index (χ2v) is 8.14. The van der Waals surface area contributed by atoms with E-state index < -0.39 is 0 Å². The summed E-state index contributed by atoms with van der Waals surface area (Å²) in [5.41, 5.74) is 6.46. The summed E-state index contributed by atoms with van der Waals surface area (Å²) < 4.78 is 0. The first-order valence-corrected chi connectivity index (χ1v) is 10.8. The third-order valence-electron chi connectivity index (χ3n) is 6.04. The first kappa shape index (κ1) is 19.3. The van der Waals surface area contributed by atoms with Gasteiger partial charge in [0.15, 0.2) is 0 Å². The zero-order chi connectivity index (χ0) is 21.2. The number of nitrogens with zero attached hydrogens (tertiary/aromatic N) is 4. The number of H-pyrrole nitrogens is 1. The fraction of sp³-hybridized carbons (Fsp3) is 0.231. The van der Waals surface area contributed by atoms with Crippen LogP contribution < -0.4 is 5.01 Å². The summed E-state index contributed by atoms with van der Waals surface area (Å²) in [5.74, 6) is 0. The molecule has 0 amide bonds. The predicted octanol–water partition coefficient (Wildman–Crippen LogP) is 5.43. The van der Waals surface area contributed by atoms with Gasteiger partial charge in [-0.2, -0.15) is 10.4 Å². The number of aryl methyl sites for hydroxylation is 1. The number of hydrogen-bond donors (Lipinski definition) is 1. The standard InChI is InChI=1S/C26H25N5/c1-19-7-6-8-20(15-19)26-22(17-28-29-26)18-30-13-4-5-14-31(30)25-12-11-21(16-27)23-9-2-3-10-24(23)25/h2-3,6-12,15,17H,4-5,13-14,18H2,1H3,(H,28,29). The van der Waals surface area contributed by atoms with Gasteiger partial charge < -0.3 is 5.01 Å². The fourth-order valence-electron chi connectivity index (χ4n) is 4.54. The van der Waals surface area contributed by atoms with Crippen LogP contribution in [0.15, 0.2) is 66.9 Å². The fourth-order valence-corrected chi connectivity index (χ4v) is 4.54. The van der Waals surface area contributed by atoms with E-state index in [4.69, 9.17) is 0 Å². The lowest BCUT2D eigenvalue weighted by molar-refractivity contribution is 0.205. The van der Waals surface area contributed by atoms with E-state index in [1.54, 1.807) is 0 Å². The quantitative estimate of drug-likeness (QED) is 0.490. The molecule has 0 radical (unpaired) electrons. The minimum atomic E-state index is 0.722. The molecule has 1 aliphatic heterocycles. The van der Waals surface area contributed by atoms with Crippen LogP contribution in [0.25, 0.3) is 22.0 Å². The highest BCUT2D eigenvalue weighted by Crippen LogP contribution is 2.33. The molecule has 1 fully saturated rings. The molecule has 0 atom stereocenters. The van der Waals surface area contributed by atoms with Crippen LogP contribution >= 0.6 is 0 Å². The molecule has 0 spiro atoms. The molecule has 1 N–H and O–H groups in total. The second-order valence-electron chi connectivity index (χ2n) is 8.14. The van der Waals surface area contributed by atoms with Crippen molar-refractivity contribution in [2.75, 3.05) is 18.1 Å². The largest absolute Gasteiger partial charge is 0.305 e. The van der Waals surface area contributed by atoms with E-state index in [1.165, 1.54) is 17.5 Å². The maximum Gasteiger partial charge on any atom is 0.0998 e. The number of hydrogen-bond acceptors (Lipinski definition) is 4. The van der Waals surface area contributed by atoms with Crippen LogP contribution in [-0.2, 0) is 6.54 Å². The van der Waals surface area contributed by atoms with Gasteiger partial charge in [0, 0.05) is 47.7 Å². The van der Waals surface area contributed by atoms with Gasteiger partial charge in [0.25, 0.3) is 0 Å². The zero-order valence-electron chi connectivity index (χ0n) is 17.7. The van der Waals surface area contributed by atoms with E-state index >= 15 is 0 Å². The monoisotopic (exact) mass is 407 g/mol. The van der Waals surface area contributed by atoms with Crippen molar-refractivity contribution in [2.24, 2.45) is 0 Å². The molecule has 0 unspecified atom stereocenters. The normalized spacial score (nSPS) is 14.6. The molecule has 3 aromatic carbocycles. The van der Waals surface area contributed by atoms with Crippen LogP contribution in [0.5, 0.6) is 0 Å².